The van der Waals surface area contributed by atoms with Crippen LogP contribution in [-0.2, 0) is 4.79 Å². The number of nitro benzene ring substituents is 1. The minimum atomic E-state index is -0.732. The molecule has 0 heterocycles. The van der Waals surface area contributed by atoms with Gasteiger partial charge in [0, 0.05) is 18.2 Å². The number of nitrogens with one attached hydrogen (secondary N) is 2. The first-order chi connectivity index (χ1) is 12.9. The topological polar surface area (TPSA) is 111 Å². The Morgan fingerprint density at radius 3 is 2.67 bits per heavy atom. The summed E-state index contributed by atoms with van der Waals surface area (Å²) in [7, 11) is 0. The number of hydrogen-bond acceptors (Lipinski definition) is 5. The number of benzene rings is 2. The average molecular weight is 373 g/mol. The van der Waals surface area contributed by atoms with Crippen LogP contribution in [-0.4, -0.2) is 29.4 Å². The van der Waals surface area contributed by atoms with Crippen molar-refractivity contribution in [1.82, 2.24) is 5.32 Å². The van der Waals surface area contributed by atoms with E-state index >= 15 is 0 Å². The second kappa shape index (κ2) is 7.81. The van der Waals surface area contributed by atoms with E-state index in [0.29, 0.717) is 5.56 Å². The third-order valence-electron chi connectivity index (χ3n) is 3.84. The van der Waals surface area contributed by atoms with Crippen LogP contribution in [0, 0.1) is 15.9 Å². The summed E-state index contributed by atoms with van der Waals surface area (Å²) < 4.78 is 18.4. The highest BCUT2D eigenvalue weighted by Crippen LogP contribution is 2.27. The molecule has 8 nitrogen and oxygen atoms in total. The summed E-state index contributed by atoms with van der Waals surface area (Å²) in [5.74, 6) is -2.01. The molecule has 0 unspecified atom stereocenters. The van der Waals surface area contributed by atoms with Crippen LogP contribution in [0.25, 0.3) is 0 Å². The van der Waals surface area contributed by atoms with Crippen molar-refractivity contribution in [3.05, 3.63) is 64.0 Å². The fourth-order valence-corrected chi connectivity index (χ4v) is 2.36. The maximum atomic E-state index is 13.3. The van der Waals surface area contributed by atoms with E-state index in [-0.39, 0.29) is 23.4 Å². The van der Waals surface area contributed by atoms with E-state index in [0.717, 1.165) is 31.0 Å². The molecular weight excluding hydrogens is 357 g/mol. The first kappa shape index (κ1) is 18.3. The lowest BCUT2D eigenvalue weighted by Gasteiger charge is -2.12. The summed E-state index contributed by atoms with van der Waals surface area (Å²) in [6, 6.07) is 9.35. The van der Waals surface area contributed by atoms with Crippen LogP contribution in [0.2, 0.25) is 0 Å². The number of ether oxygens (including phenoxy) is 1. The van der Waals surface area contributed by atoms with Crippen LogP contribution in [0.5, 0.6) is 5.75 Å². The highest BCUT2D eigenvalue weighted by Gasteiger charge is 2.25. The number of para-hydroxylation sites is 1. The van der Waals surface area contributed by atoms with Gasteiger partial charge in [-0.2, -0.15) is 0 Å². The molecule has 0 bridgehead atoms. The molecule has 0 aromatic heterocycles. The van der Waals surface area contributed by atoms with Crippen molar-refractivity contribution < 1.29 is 23.6 Å². The predicted molar refractivity (Wildman–Crippen MR) is 94.1 cm³/mol. The molecule has 27 heavy (non-hydrogen) atoms. The first-order valence-electron chi connectivity index (χ1n) is 8.20. The maximum absolute atomic E-state index is 13.3. The Hall–Kier alpha value is -3.49. The van der Waals surface area contributed by atoms with Crippen molar-refractivity contribution in [3.63, 3.8) is 0 Å². The summed E-state index contributed by atoms with van der Waals surface area (Å²) in [5.41, 5.74) is 0.140. The van der Waals surface area contributed by atoms with Gasteiger partial charge in [0.05, 0.1) is 16.2 Å². The van der Waals surface area contributed by atoms with E-state index in [1.54, 1.807) is 24.3 Å². The zero-order valence-electron chi connectivity index (χ0n) is 14.1. The Labute approximate surface area is 153 Å². The maximum Gasteiger partial charge on any atom is 0.311 e. The molecule has 2 aromatic rings. The standard InChI is InChI=1S/C18H16FN3O5/c19-11-5-8-15(22(25)26)16(9-11)27-10-17(23)21-14-4-2-1-3-13(14)18(24)20-12-6-7-12/h1-5,8-9,12H,6-7,10H2,(H,20,24)(H,21,23). The Bertz CT molecular complexity index is 898. The number of halogens is 1. The van der Waals surface area contributed by atoms with Crippen LogP contribution in [0.4, 0.5) is 15.8 Å². The molecular formula is C18H16FN3O5. The third kappa shape index (κ3) is 4.78. The molecule has 0 atom stereocenters. The minimum Gasteiger partial charge on any atom is -0.477 e. The normalized spacial score (nSPS) is 12.9. The predicted octanol–water partition coefficient (Wildman–Crippen LogP) is 2.64. The molecule has 2 aromatic carbocycles. The van der Waals surface area contributed by atoms with Gasteiger partial charge in [0.15, 0.2) is 6.61 Å². The van der Waals surface area contributed by atoms with Gasteiger partial charge >= 0.3 is 5.69 Å². The van der Waals surface area contributed by atoms with Crippen molar-refractivity contribution in [1.29, 1.82) is 0 Å². The van der Waals surface area contributed by atoms with Crippen molar-refractivity contribution >= 4 is 23.2 Å². The van der Waals surface area contributed by atoms with Gasteiger partial charge in [-0.05, 0) is 31.0 Å². The van der Waals surface area contributed by atoms with Gasteiger partial charge in [-0.25, -0.2) is 4.39 Å². The second-order valence-electron chi connectivity index (χ2n) is 6.00. The van der Waals surface area contributed by atoms with E-state index in [1.165, 1.54) is 0 Å². The lowest BCUT2D eigenvalue weighted by molar-refractivity contribution is -0.385. The molecule has 1 fully saturated rings. The average Bonchev–Trinajstić information content (AvgIpc) is 3.44. The second-order valence-corrected chi connectivity index (χ2v) is 6.00. The number of carbonyl (C=O) groups is 2. The largest absolute Gasteiger partial charge is 0.477 e. The molecule has 0 spiro atoms. The molecule has 1 aliphatic rings. The van der Waals surface area contributed by atoms with Gasteiger partial charge in [-0.3, -0.25) is 19.7 Å². The Kier molecular flexibility index (Phi) is 5.30. The van der Waals surface area contributed by atoms with Gasteiger partial charge in [-0.1, -0.05) is 12.1 Å². The van der Waals surface area contributed by atoms with Crippen molar-refractivity contribution in [2.45, 2.75) is 18.9 Å². The summed E-state index contributed by atoms with van der Waals surface area (Å²) in [6.45, 7) is -0.580. The molecule has 9 heteroatoms. The summed E-state index contributed by atoms with van der Waals surface area (Å²) in [4.78, 5) is 34.6. The summed E-state index contributed by atoms with van der Waals surface area (Å²) >= 11 is 0. The molecule has 2 amide bonds. The molecule has 1 saturated carbocycles. The molecule has 1 aliphatic carbocycles. The van der Waals surface area contributed by atoms with E-state index in [9.17, 15) is 24.1 Å². The molecule has 3 rings (SSSR count). The van der Waals surface area contributed by atoms with Crippen molar-refractivity contribution in [2.75, 3.05) is 11.9 Å². The van der Waals surface area contributed by atoms with Gasteiger partial charge in [0.1, 0.15) is 5.82 Å². The molecule has 0 saturated heterocycles. The summed E-state index contributed by atoms with van der Waals surface area (Å²) in [5, 5.41) is 16.3. The molecule has 2 N–H and O–H groups in total. The van der Waals surface area contributed by atoms with Crippen molar-refractivity contribution in [3.8, 4) is 5.75 Å². The molecule has 0 radical (unpaired) electrons. The fraction of sp³-hybridized carbons (Fsp3) is 0.222. The van der Waals surface area contributed by atoms with E-state index in [1.807, 2.05) is 0 Å². The van der Waals surface area contributed by atoms with Gasteiger partial charge in [-0.15, -0.1) is 0 Å². The van der Waals surface area contributed by atoms with Gasteiger partial charge in [0.25, 0.3) is 11.8 Å². The fourth-order valence-electron chi connectivity index (χ4n) is 2.36. The SMILES string of the molecule is O=C(COc1cc(F)ccc1[N+](=O)[O-])Nc1ccccc1C(=O)NC1CC1. The third-order valence-corrected chi connectivity index (χ3v) is 3.84. The zero-order valence-corrected chi connectivity index (χ0v) is 14.1. The highest BCUT2D eigenvalue weighted by atomic mass is 19.1. The van der Waals surface area contributed by atoms with Crippen LogP contribution in [0.3, 0.4) is 0 Å². The number of anilines is 1. The lowest BCUT2D eigenvalue weighted by atomic mass is 10.1. The quantitative estimate of drug-likeness (QED) is 0.573. The molecule has 140 valence electrons. The number of nitrogens with zero attached hydrogens (tertiary/aromatic N) is 1. The minimum absolute atomic E-state index is 0.165. The Balaban J connectivity index is 1.66. The van der Waals surface area contributed by atoms with E-state index in [2.05, 4.69) is 10.6 Å². The Morgan fingerprint density at radius 1 is 1.22 bits per heavy atom. The number of amides is 2. The van der Waals surface area contributed by atoms with Crippen LogP contribution in [0.1, 0.15) is 23.2 Å². The number of nitro groups is 1. The van der Waals surface area contributed by atoms with Crippen LogP contribution >= 0.6 is 0 Å². The van der Waals surface area contributed by atoms with Crippen LogP contribution < -0.4 is 15.4 Å². The van der Waals surface area contributed by atoms with Crippen molar-refractivity contribution in [2.24, 2.45) is 0 Å². The number of hydrogen-bond donors (Lipinski definition) is 2. The molecule has 0 aliphatic heterocycles. The Morgan fingerprint density at radius 2 is 1.96 bits per heavy atom. The lowest BCUT2D eigenvalue weighted by Crippen LogP contribution is -2.28. The monoisotopic (exact) mass is 373 g/mol. The van der Waals surface area contributed by atoms with Crippen LogP contribution in [0.15, 0.2) is 42.5 Å². The number of rotatable bonds is 7. The highest BCUT2D eigenvalue weighted by molar-refractivity contribution is 6.04. The van der Waals surface area contributed by atoms with E-state index < -0.39 is 28.9 Å². The van der Waals surface area contributed by atoms with Gasteiger partial charge < -0.3 is 15.4 Å². The van der Waals surface area contributed by atoms with Gasteiger partial charge in [0.2, 0.25) is 5.75 Å². The summed E-state index contributed by atoms with van der Waals surface area (Å²) in [6.07, 6.45) is 1.86. The van der Waals surface area contributed by atoms with E-state index in [4.69, 9.17) is 4.74 Å². The smallest absolute Gasteiger partial charge is 0.311 e. The zero-order chi connectivity index (χ0) is 19.4. The number of carbonyl (C=O) groups excluding carboxylic acids is 2. The first-order valence-corrected chi connectivity index (χ1v) is 8.20.